The van der Waals surface area contributed by atoms with Crippen LogP contribution in [0.1, 0.15) is 23.6 Å². The zero-order chi connectivity index (χ0) is 12.4. The quantitative estimate of drug-likeness (QED) is 0.845. The van der Waals surface area contributed by atoms with Crippen LogP contribution >= 0.6 is 0 Å². The zero-order valence-electron chi connectivity index (χ0n) is 9.88. The van der Waals surface area contributed by atoms with Gasteiger partial charge in [0.1, 0.15) is 5.75 Å². The lowest BCUT2D eigenvalue weighted by Crippen LogP contribution is -2.09. The number of hydrogen-bond donors (Lipinski definition) is 2. The maximum atomic E-state index is 9.84. The number of nitrogens with zero attached hydrogens (tertiary/aromatic N) is 1. The van der Waals surface area contributed by atoms with Crippen molar-refractivity contribution in [2.24, 2.45) is 5.10 Å². The number of rotatable bonds is 2. The number of aromatic hydroxyl groups is 1. The predicted octanol–water partition coefficient (Wildman–Crippen LogP) is 2.83. The van der Waals surface area contributed by atoms with Gasteiger partial charge in [-0.1, -0.05) is 48.5 Å². The van der Waals surface area contributed by atoms with Gasteiger partial charge in [0.2, 0.25) is 0 Å². The lowest BCUT2D eigenvalue weighted by atomic mass is 9.98. The predicted molar refractivity (Wildman–Crippen MR) is 71.6 cm³/mol. The van der Waals surface area contributed by atoms with Crippen LogP contribution in [0.25, 0.3) is 0 Å². The monoisotopic (exact) mass is 238 g/mol. The number of phenols is 1. The maximum Gasteiger partial charge on any atom is 0.120 e. The molecule has 90 valence electrons. The number of phenolic OH excluding ortho intramolecular Hbond substituents is 1. The van der Waals surface area contributed by atoms with Gasteiger partial charge in [-0.15, -0.1) is 0 Å². The van der Waals surface area contributed by atoms with Crippen molar-refractivity contribution >= 4 is 5.71 Å². The van der Waals surface area contributed by atoms with Crippen molar-refractivity contribution in [1.29, 1.82) is 0 Å². The fourth-order valence-electron chi connectivity index (χ4n) is 2.22. The Bertz CT molecular complexity index is 578. The molecule has 1 aliphatic rings. The van der Waals surface area contributed by atoms with Crippen molar-refractivity contribution in [3.05, 3.63) is 65.7 Å². The molecule has 3 nitrogen and oxygen atoms in total. The van der Waals surface area contributed by atoms with Crippen molar-refractivity contribution in [3.63, 3.8) is 0 Å². The molecule has 3 rings (SSSR count). The van der Waals surface area contributed by atoms with Gasteiger partial charge in [0.15, 0.2) is 0 Å². The average molecular weight is 238 g/mol. The molecule has 1 aliphatic heterocycles. The van der Waals surface area contributed by atoms with Crippen molar-refractivity contribution < 1.29 is 5.11 Å². The minimum absolute atomic E-state index is 0.0569. The number of para-hydroxylation sites is 1. The summed E-state index contributed by atoms with van der Waals surface area (Å²) in [5.41, 5.74) is 6.14. The van der Waals surface area contributed by atoms with Crippen LogP contribution in [0.4, 0.5) is 0 Å². The van der Waals surface area contributed by atoms with E-state index in [1.807, 2.05) is 48.5 Å². The van der Waals surface area contributed by atoms with Crippen molar-refractivity contribution in [2.75, 3.05) is 0 Å². The molecule has 3 heteroatoms. The summed E-state index contributed by atoms with van der Waals surface area (Å²) >= 11 is 0. The van der Waals surface area contributed by atoms with Crippen LogP contribution in [-0.2, 0) is 0 Å². The Balaban J connectivity index is 1.81. The third-order valence-corrected chi connectivity index (χ3v) is 3.17. The molecule has 0 bridgehead atoms. The molecule has 2 aromatic rings. The highest BCUT2D eigenvalue weighted by Gasteiger charge is 2.22. The average Bonchev–Trinajstić information content (AvgIpc) is 2.90. The van der Waals surface area contributed by atoms with E-state index in [9.17, 15) is 5.11 Å². The molecule has 0 saturated heterocycles. The summed E-state index contributed by atoms with van der Waals surface area (Å²) < 4.78 is 0. The van der Waals surface area contributed by atoms with Gasteiger partial charge in [-0.3, -0.25) is 0 Å². The Morgan fingerprint density at radius 2 is 1.72 bits per heavy atom. The summed E-state index contributed by atoms with van der Waals surface area (Å²) in [6, 6.07) is 17.5. The molecule has 0 amide bonds. The topological polar surface area (TPSA) is 44.6 Å². The van der Waals surface area contributed by atoms with E-state index in [2.05, 4.69) is 10.5 Å². The van der Waals surface area contributed by atoms with Gasteiger partial charge in [0, 0.05) is 12.0 Å². The molecule has 2 N–H and O–H groups in total. The number of benzene rings is 2. The van der Waals surface area contributed by atoms with E-state index in [0.717, 1.165) is 23.3 Å². The summed E-state index contributed by atoms with van der Waals surface area (Å²) in [6.07, 6.45) is 0.793. The molecule has 1 unspecified atom stereocenters. The van der Waals surface area contributed by atoms with Crippen LogP contribution in [-0.4, -0.2) is 10.8 Å². The highest BCUT2D eigenvalue weighted by atomic mass is 16.3. The molecule has 0 fully saturated rings. The summed E-state index contributed by atoms with van der Waals surface area (Å²) in [7, 11) is 0. The second-order valence-electron chi connectivity index (χ2n) is 4.37. The van der Waals surface area contributed by atoms with E-state index in [1.165, 1.54) is 0 Å². The fraction of sp³-hybridized carbons (Fsp3) is 0.133. The van der Waals surface area contributed by atoms with E-state index in [4.69, 9.17) is 0 Å². The number of hydrazone groups is 1. The van der Waals surface area contributed by atoms with Gasteiger partial charge in [0.25, 0.3) is 0 Å². The van der Waals surface area contributed by atoms with E-state index >= 15 is 0 Å². The van der Waals surface area contributed by atoms with Crippen molar-refractivity contribution in [3.8, 4) is 5.75 Å². The van der Waals surface area contributed by atoms with E-state index in [-0.39, 0.29) is 6.04 Å². The van der Waals surface area contributed by atoms with E-state index in [1.54, 1.807) is 6.07 Å². The van der Waals surface area contributed by atoms with Gasteiger partial charge >= 0.3 is 0 Å². The Kier molecular flexibility index (Phi) is 2.73. The molecular weight excluding hydrogens is 224 g/mol. The van der Waals surface area contributed by atoms with Gasteiger partial charge in [-0.25, -0.2) is 0 Å². The van der Waals surface area contributed by atoms with Crippen LogP contribution in [0.3, 0.4) is 0 Å². The molecule has 0 aromatic heterocycles. The van der Waals surface area contributed by atoms with Gasteiger partial charge in [-0.05, 0) is 11.6 Å². The second-order valence-corrected chi connectivity index (χ2v) is 4.37. The molecule has 1 heterocycles. The van der Waals surface area contributed by atoms with Crippen molar-refractivity contribution in [1.82, 2.24) is 5.43 Å². The third kappa shape index (κ3) is 1.95. The fourth-order valence-corrected chi connectivity index (χ4v) is 2.22. The van der Waals surface area contributed by atoms with Crippen LogP contribution in [0.2, 0.25) is 0 Å². The maximum absolute atomic E-state index is 9.84. The lowest BCUT2D eigenvalue weighted by molar-refractivity contribution is 0.455. The summed E-state index contributed by atoms with van der Waals surface area (Å²) in [5.74, 6) is 0.319. The summed E-state index contributed by atoms with van der Waals surface area (Å²) in [4.78, 5) is 0. The first kappa shape index (κ1) is 10.8. The standard InChI is InChI=1S/C15H14N2O/c18-15-9-5-4-8-12(15)14-10-13(16-17-14)11-6-2-1-3-7-11/h1-9,14,17-18H,10H2. The summed E-state index contributed by atoms with van der Waals surface area (Å²) in [6.45, 7) is 0. The van der Waals surface area contributed by atoms with Gasteiger partial charge in [-0.2, -0.15) is 5.10 Å². The SMILES string of the molecule is Oc1ccccc1C1CC(c2ccccc2)=NN1. The first-order chi connectivity index (χ1) is 8.84. The Hall–Kier alpha value is -2.29. The zero-order valence-corrected chi connectivity index (χ0v) is 9.88. The molecule has 0 radical (unpaired) electrons. The van der Waals surface area contributed by atoms with Gasteiger partial charge in [0.05, 0.1) is 11.8 Å². The largest absolute Gasteiger partial charge is 0.508 e. The highest BCUT2D eigenvalue weighted by Crippen LogP contribution is 2.30. The van der Waals surface area contributed by atoms with Crippen LogP contribution < -0.4 is 5.43 Å². The van der Waals surface area contributed by atoms with E-state index in [0.29, 0.717) is 5.75 Å². The molecule has 0 aliphatic carbocycles. The Morgan fingerprint density at radius 1 is 1.00 bits per heavy atom. The lowest BCUT2D eigenvalue weighted by Gasteiger charge is -2.11. The molecule has 1 atom stereocenters. The first-order valence-corrected chi connectivity index (χ1v) is 6.00. The first-order valence-electron chi connectivity index (χ1n) is 6.00. The minimum Gasteiger partial charge on any atom is -0.508 e. The minimum atomic E-state index is 0.0569. The Labute approximate surface area is 106 Å². The Morgan fingerprint density at radius 3 is 2.50 bits per heavy atom. The van der Waals surface area contributed by atoms with Crippen molar-refractivity contribution in [2.45, 2.75) is 12.5 Å². The smallest absolute Gasteiger partial charge is 0.120 e. The van der Waals surface area contributed by atoms with Crippen LogP contribution in [0.5, 0.6) is 5.75 Å². The summed E-state index contributed by atoms with van der Waals surface area (Å²) in [5, 5.41) is 14.2. The molecule has 0 saturated carbocycles. The molecule has 0 spiro atoms. The molecule has 2 aromatic carbocycles. The normalized spacial score (nSPS) is 18.2. The third-order valence-electron chi connectivity index (χ3n) is 3.17. The molecule has 18 heavy (non-hydrogen) atoms. The highest BCUT2D eigenvalue weighted by molar-refractivity contribution is 6.01. The molecular formula is C15H14N2O. The van der Waals surface area contributed by atoms with Crippen LogP contribution in [0, 0.1) is 0 Å². The number of nitrogens with one attached hydrogen (secondary N) is 1. The number of hydrogen-bond acceptors (Lipinski definition) is 3. The van der Waals surface area contributed by atoms with E-state index < -0.39 is 0 Å². The second kappa shape index (κ2) is 4.53. The van der Waals surface area contributed by atoms with Crippen LogP contribution in [0.15, 0.2) is 59.7 Å². The van der Waals surface area contributed by atoms with Gasteiger partial charge < -0.3 is 10.5 Å².